The summed E-state index contributed by atoms with van der Waals surface area (Å²) in [7, 11) is -1.67. The molecule has 0 fully saturated rings. The van der Waals surface area contributed by atoms with E-state index in [9.17, 15) is 4.57 Å². The molecule has 1 atom stereocenters. The summed E-state index contributed by atoms with van der Waals surface area (Å²) < 4.78 is 12.0. The average molecular weight is 215 g/mol. The van der Waals surface area contributed by atoms with Gasteiger partial charge < -0.3 is 4.57 Å². The van der Waals surface area contributed by atoms with Crippen molar-refractivity contribution in [2.24, 2.45) is 0 Å². The molecule has 0 N–H and O–H groups in total. The number of aromatic nitrogens is 1. The zero-order chi connectivity index (χ0) is 10.3. The average Bonchev–Trinajstić information content (AvgIpc) is 2.29. The van der Waals surface area contributed by atoms with Crippen molar-refractivity contribution in [3.63, 3.8) is 0 Å². The first-order valence-electron chi connectivity index (χ1n) is 4.94. The van der Waals surface area contributed by atoms with Crippen molar-refractivity contribution >= 4 is 30.0 Å². The monoisotopic (exact) mass is 215 g/mol. The Morgan fingerprint density at radius 1 is 1.27 bits per heavy atom. The molecule has 2 heterocycles. The van der Waals surface area contributed by atoms with Crippen molar-refractivity contribution in [1.82, 2.24) is 4.98 Å². The van der Waals surface area contributed by atoms with Gasteiger partial charge in [0.1, 0.15) is 7.80 Å². The molecule has 15 heavy (non-hydrogen) atoms. The van der Waals surface area contributed by atoms with Crippen molar-refractivity contribution < 1.29 is 4.57 Å². The van der Waals surface area contributed by atoms with E-state index in [-0.39, 0.29) is 0 Å². The molecule has 0 saturated heterocycles. The maximum atomic E-state index is 12.0. The van der Waals surface area contributed by atoms with Gasteiger partial charge in [0.05, 0.1) is 5.69 Å². The van der Waals surface area contributed by atoms with E-state index in [2.05, 4.69) is 4.98 Å². The summed E-state index contributed by atoms with van der Waals surface area (Å²) in [6.07, 6.45) is 6.44. The smallest absolute Gasteiger partial charge is 0.110 e. The molecule has 74 valence electrons. The molecule has 1 aromatic heterocycles. The molecule has 0 saturated carbocycles. The van der Waals surface area contributed by atoms with Gasteiger partial charge in [0.15, 0.2) is 0 Å². The first-order chi connectivity index (χ1) is 7.36. The minimum absolute atomic E-state index is 0.674. The Kier molecular flexibility index (Phi) is 1.96. The van der Waals surface area contributed by atoms with E-state index in [0.717, 1.165) is 21.8 Å². The first-order valence-corrected chi connectivity index (χ1v) is 6.55. The highest BCUT2D eigenvalue weighted by molar-refractivity contribution is 7.54. The second-order valence-electron chi connectivity index (χ2n) is 3.64. The molecule has 2 nitrogen and oxygen atoms in total. The molecule has 0 amide bonds. The third kappa shape index (κ3) is 1.33. The first kappa shape index (κ1) is 8.87. The molecule has 3 heteroatoms. The zero-order valence-corrected chi connectivity index (χ0v) is 9.10. The summed E-state index contributed by atoms with van der Waals surface area (Å²) in [4.78, 5) is 4.34. The summed E-state index contributed by atoms with van der Waals surface area (Å²) >= 11 is 0. The minimum Gasteiger partial charge on any atom is -0.321 e. The number of benzene rings is 1. The molecule has 2 aromatic rings. The number of allylic oxidation sites excluding steroid dienone is 1. The van der Waals surface area contributed by atoms with Gasteiger partial charge in [-0.15, -0.1) is 0 Å². The standard InChI is InChI=1S/C12H10NOP/c14-15-7-3-6-11-12(15)10-5-2-1-4-9(10)8-13-11/h1-6,8,15H,7H2. The van der Waals surface area contributed by atoms with Crippen LogP contribution in [0.4, 0.5) is 0 Å². The molecule has 1 aliphatic heterocycles. The normalized spacial score (nSPS) is 19.1. The van der Waals surface area contributed by atoms with Crippen molar-refractivity contribution in [1.29, 1.82) is 0 Å². The predicted molar refractivity (Wildman–Crippen MR) is 64.3 cm³/mol. The third-order valence-corrected chi connectivity index (χ3v) is 4.38. The van der Waals surface area contributed by atoms with Gasteiger partial charge in [-0.1, -0.05) is 30.3 Å². The highest BCUT2D eigenvalue weighted by Gasteiger charge is 2.15. The number of hydrogen-bond donors (Lipinski definition) is 0. The third-order valence-electron chi connectivity index (χ3n) is 2.69. The van der Waals surface area contributed by atoms with Crippen LogP contribution in [0.1, 0.15) is 5.69 Å². The van der Waals surface area contributed by atoms with E-state index in [1.54, 1.807) is 0 Å². The number of pyridine rings is 1. The maximum absolute atomic E-state index is 12.0. The van der Waals surface area contributed by atoms with Crippen molar-refractivity contribution in [3.8, 4) is 0 Å². The lowest BCUT2D eigenvalue weighted by molar-refractivity contribution is 0.594. The van der Waals surface area contributed by atoms with E-state index in [4.69, 9.17) is 0 Å². The van der Waals surface area contributed by atoms with E-state index in [1.165, 1.54) is 0 Å². The van der Waals surface area contributed by atoms with Gasteiger partial charge in [-0.2, -0.15) is 0 Å². The van der Waals surface area contributed by atoms with Crippen LogP contribution in [-0.4, -0.2) is 11.1 Å². The zero-order valence-electron chi connectivity index (χ0n) is 8.10. The predicted octanol–water partition coefficient (Wildman–Crippen LogP) is 2.45. The Bertz CT molecular complexity index is 589. The van der Waals surface area contributed by atoms with Gasteiger partial charge >= 0.3 is 0 Å². The van der Waals surface area contributed by atoms with Crippen LogP contribution in [0, 0.1) is 0 Å². The van der Waals surface area contributed by atoms with Crippen LogP contribution in [0.25, 0.3) is 16.8 Å². The summed E-state index contributed by atoms with van der Waals surface area (Å²) in [5.41, 5.74) is 0.879. The fraction of sp³-hybridized carbons (Fsp3) is 0.0833. The Balaban J connectivity index is 2.47. The van der Waals surface area contributed by atoms with Gasteiger partial charge in [0, 0.05) is 23.0 Å². The van der Waals surface area contributed by atoms with Crippen LogP contribution < -0.4 is 5.30 Å². The van der Waals surface area contributed by atoms with Gasteiger partial charge in [-0.3, -0.25) is 4.98 Å². The number of fused-ring (bicyclic) bond motifs is 3. The Morgan fingerprint density at radius 2 is 2.13 bits per heavy atom. The maximum Gasteiger partial charge on any atom is 0.110 e. The molecular weight excluding hydrogens is 205 g/mol. The van der Waals surface area contributed by atoms with Crippen LogP contribution in [0.5, 0.6) is 0 Å². The van der Waals surface area contributed by atoms with Crippen LogP contribution in [0.15, 0.2) is 36.5 Å². The summed E-state index contributed by atoms with van der Waals surface area (Å²) in [5, 5.41) is 3.13. The van der Waals surface area contributed by atoms with Crippen molar-refractivity contribution in [2.45, 2.75) is 0 Å². The van der Waals surface area contributed by atoms with E-state index in [1.807, 2.05) is 42.6 Å². The second-order valence-corrected chi connectivity index (χ2v) is 5.39. The van der Waals surface area contributed by atoms with E-state index >= 15 is 0 Å². The molecular formula is C12H10NOP. The fourth-order valence-electron chi connectivity index (χ4n) is 1.98. The van der Waals surface area contributed by atoms with Crippen LogP contribution >= 0.6 is 7.80 Å². The molecule has 0 bridgehead atoms. The Morgan fingerprint density at radius 3 is 3.07 bits per heavy atom. The lowest BCUT2D eigenvalue weighted by Gasteiger charge is -2.12. The topological polar surface area (TPSA) is 30.0 Å². The molecule has 0 spiro atoms. The number of nitrogens with zero attached hydrogens (tertiary/aromatic N) is 1. The molecule has 1 unspecified atom stereocenters. The quantitative estimate of drug-likeness (QED) is 0.632. The van der Waals surface area contributed by atoms with Crippen molar-refractivity contribution in [2.75, 3.05) is 6.16 Å². The van der Waals surface area contributed by atoms with E-state index < -0.39 is 7.80 Å². The van der Waals surface area contributed by atoms with Gasteiger partial charge in [-0.25, -0.2) is 0 Å². The van der Waals surface area contributed by atoms with E-state index in [0.29, 0.717) is 6.16 Å². The molecule has 1 aromatic carbocycles. The summed E-state index contributed by atoms with van der Waals surface area (Å²) in [6, 6.07) is 8.00. The van der Waals surface area contributed by atoms with Crippen molar-refractivity contribution in [3.05, 3.63) is 42.2 Å². The highest BCUT2D eigenvalue weighted by Crippen LogP contribution is 2.30. The number of rotatable bonds is 0. The molecule has 1 aliphatic rings. The lowest BCUT2D eigenvalue weighted by atomic mass is 10.1. The van der Waals surface area contributed by atoms with Crippen LogP contribution in [0.2, 0.25) is 0 Å². The van der Waals surface area contributed by atoms with Gasteiger partial charge in [-0.05, 0) is 11.5 Å². The molecule has 0 radical (unpaired) electrons. The Hall–Kier alpha value is -1.40. The minimum atomic E-state index is -1.67. The van der Waals surface area contributed by atoms with Crippen LogP contribution in [-0.2, 0) is 4.57 Å². The van der Waals surface area contributed by atoms with Crippen LogP contribution in [0.3, 0.4) is 0 Å². The Labute approximate surface area is 88.4 Å². The second kappa shape index (κ2) is 3.32. The molecule has 0 aliphatic carbocycles. The van der Waals surface area contributed by atoms with Gasteiger partial charge in [0.2, 0.25) is 0 Å². The summed E-state index contributed by atoms with van der Waals surface area (Å²) in [5.74, 6) is 0. The SMILES string of the molecule is O=[PH]1CC=Cc2ncc3ccccc3c21. The fourth-order valence-corrected chi connectivity index (χ4v) is 3.48. The highest BCUT2D eigenvalue weighted by atomic mass is 31.1. The van der Waals surface area contributed by atoms with Gasteiger partial charge in [0.25, 0.3) is 0 Å². The molecule has 3 rings (SSSR count). The number of hydrogen-bond acceptors (Lipinski definition) is 2. The summed E-state index contributed by atoms with van der Waals surface area (Å²) in [6.45, 7) is 0. The lowest BCUT2D eigenvalue weighted by Crippen LogP contribution is -2.10. The largest absolute Gasteiger partial charge is 0.321 e.